The minimum atomic E-state index is -0.726. The number of amides is 3. The zero-order valence-electron chi connectivity index (χ0n) is 39.2. The second-order valence-corrected chi connectivity index (χ2v) is 21.1. The first-order chi connectivity index (χ1) is 34.0. The molecule has 3 N–H and O–H groups in total. The number of carbonyl (C=O) groups is 3. The Morgan fingerprint density at radius 1 is 0.886 bits per heavy atom. The molecule has 70 heavy (non-hydrogen) atoms. The lowest BCUT2D eigenvalue weighted by atomic mass is 9.87. The number of rotatable bonds is 11. The van der Waals surface area contributed by atoms with E-state index in [1.54, 1.807) is 11.1 Å². The number of nitrogens with zero attached hydrogens (tertiary/aromatic N) is 7. The highest BCUT2D eigenvalue weighted by Gasteiger charge is 2.46. The first-order valence-corrected chi connectivity index (χ1v) is 25.1. The van der Waals surface area contributed by atoms with Crippen molar-refractivity contribution in [2.24, 2.45) is 11.3 Å². The van der Waals surface area contributed by atoms with Crippen molar-refractivity contribution in [3.63, 3.8) is 0 Å². The van der Waals surface area contributed by atoms with E-state index in [9.17, 15) is 19.5 Å². The molecule has 6 fully saturated rings. The molecule has 0 radical (unpaired) electrons. The molecule has 12 rings (SSSR count). The second kappa shape index (κ2) is 17.8. The number of imide groups is 1. The lowest BCUT2D eigenvalue weighted by molar-refractivity contribution is -0.136. The Hall–Kier alpha value is -6.28. The van der Waals surface area contributed by atoms with Crippen molar-refractivity contribution in [1.82, 2.24) is 40.3 Å². The van der Waals surface area contributed by atoms with Gasteiger partial charge < -0.3 is 34.8 Å². The monoisotopic (exact) mass is 949 g/mol. The number of ether oxygens (including phenoxy) is 1. The fraction of sp³-hybridized carbons (Fsp3) is 0.481. The highest BCUT2D eigenvalue weighted by molar-refractivity contribution is 6.06. The molecule has 3 atom stereocenters. The van der Waals surface area contributed by atoms with E-state index in [1.165, 1.54) is 29.8 Å². The highest BCUT2D eigenvalue weighted by Crippen LogP contribution is 2.47. The number of aromatic nitrogens is 3. The number of piperazine rings is 1. The maximum atomic E-state index is 17.1. The van der Waals surface area contributed by atoms with Crippen LogP contribution in [-0.4, -0.2) is 130 Å². The first-order valence-electron chi connectivity index (χ1n) is 25.1. The quantitative estimate of drug-likeness (QED) is 0.101. The average molecular weight is 950 g/mol. The van der Waals surface area contributed by atoms with Gasteiger partial charge in [-0.1, -0.05) is 24.1 Å². The number of phenolic OH excluding ortho intramolecular Hbond substituents is 1. The van der Waals surface area contributed by atoms with Crippen molar-refractivity contribution in [2.75, 3.05) is 63.9 Å². The lowest BCUT2D eigenvalue weighted by Gasteiger charge is -2.38. The van der Waals surface area contributed by atoms with Crippen LogP contribution in [0.5, 0.6) is 11.8 Å². The van der Waals surface area contributed by atoms with Gasteiger partial charge >= 0.3 is 6.01 Å². The smallest absolute Gasteiger partial charge is 0.319 e. The van der Waals surface area contributed by atoms with Crippen LogP contribution in [0.2, 0.25) is 0 Å². The van der Waals surface area contributed by atoms with Gasteiger partial charge in [0.15, 0.2) is 5.82 Å². The molecule has 1 aliphatic carbocycles. The molecule has 8 heterocycles. The third kappa shape index (κ3) is 8.39. The molecule has 3 aromatic carbocycles. The molecule has 16 heteroatoms. The van der Waals surface area contributed by atoms with Crippen molar-refractivity contribution in [3.05, 3.63) is 82.5 Å². The number of phenols is 1. The van der Waals surface area contributed by atoms with E-state index in [2.05, 4.69) is 48.4 Å². The summed E-state index contributed by atoms with van der Waals surface area (Å²) in [6, 6.07) is 11.9. The summed E-state index contributed by atoms with van der Waals surface area (Å²) < 4.78 is 38.7. The van der Waals surface area contributed by atoms with Gasteiger partial charge in [-0.3, -0.25) is 24.7 Å². The molecule has 1 saturated carbocycles. The molecule has 2 aromatic heterocycles. The van der Waals surface area contributed by atoms with E-state index in [0.717, 1.165) is 96.2 Å². The summed E-state index contributed by atoms with van der Waals surface area (Å²) in [6.07, 6.45) is 16.5. The average Bonchev–Trinajstić information content (AvgIpc) is 3.94. The van der Waals surface area contributed by atoms with Gasteiger partial charge in [-0.15, -0.1) is 6.42 Å². The Balaban J connectivity index is 0.684. The third-order valence-electron chi connectivity index (χ3n) is 16.5. The Kier molecular flexibility index (Phi) is 11.4. The van der Waals surface area contributed by atoms with Crippen LogP contribution in [-0.2, 0) is 16.1 Å². The van der Waals surface area contributed by atoms with Crippen LogP contribution < -0.4 is 20.3 Å². The van der Waals surface area contributed by atoms with Crippen molar-refractivity contribution in [2.45, 2.75) is 94.8 Å². The minimum absolute atomic E-state index is 0.0342. The van der Waals surface area contributed by atoms with Crippen LogP contribution in [0.15, 0.2) is 48.7 Å². The summed E-state index contributed by atoms with van der Waals surface area (Å²) >= 11 is 0. The molecule has 2 bridgehead atoms. The SMILES string of the molecule is C#Cc1c(F)ccc2cc(O)cc(-c3ncc4c(N5CC6CCC(C5)N6)nc(OCC5(CN6CCC(CN7CCC(c8ccc9c(c8)CN(C8CCC(=O)NC8=O)C9=O)CC7)CC6)CC5)nc4c3F)c12. The van der Waals surface area contributed by atoms with Crippen LogP contribution in [0.3, 0.4) is 0 Å². The first kappa shape index (κ1) is 44.9. The number of benzene rings is 3. The molecule has 5 saturated heterocycles. The van der Waals surface area contributed by atoms with Crippen molar-refractivity contribution in [3.8, 4) is 35.4 Å². The molecule has 362 valence electrons. The van der Waals surface area contributed by atoms with E-state index in [0.29, 0.717) is 78.7 Å². The molecule has 5 aromatic rings. The summed E-state index contributed by atoms with van der Waals surface area (Å²) in [4.78, 5) is 60.7. The lowest BCUT2D eigenvalue weighted by Crippen LogP contribution is -2.52. The van der Waals surface area contributed by atoms with E-state index in [1.807, 2.05) is 6.07 Å². The number of terminal acetylenes is 1. The van der Waals surface area contributed by atoms with Gasteiger partial charge in [0.1, 0.15) is 34.6 Å². The summed E-state index contributed by atoms with van der Waals surface area (Å²) in [5.74, 6) is 1.78. The Morgan fingerprint density at radius 2 is 1.66 bits per heavy atom. The largest absolute Gasteiger partial charge is 0.508 e. The summed E-state index contributed by atoms with van der Waals surface area (Å²) in [7, 11) is 0. The predicted octanol–water partition coefficient (Wildman–Crippen LogP) is 6.26. The van der Waals surface area contributed by atoms with Crippen LogP contribution in [0.1, 0.15) is 97.2 Å². The van der Waals surface area contributed by atoms with Crippen LogP contribution in [0, 0.1) is 35.3 Å². The van der Waals surface area contributed by atoms with Gasteiger partial charge in [0.2, 0.25) is 11.8 Å². The van der Waals surface area contributed by atoms with Crippen LogP contribution in [0.25, 0.3) is 32.9 Å². The standard InChI is InChI=1S/C54H57F2N9O5/c1-2-39-43(55)8-4-34-22-38(66)23-41(46(34)39)48-47(56)49-42(24-57-48)50(64-27-36-5-6-37(28-64)58-36)61-53(60-49)70-30-54(15-16-54)29-63-17-11-31(12-18-63)25-62-19-13-32(14-20-62)33-3-7-40-35(21-33)26-65(52(40)69)44-9-10-45(67)59-51(44)68/h1,3-4,7-8,21-24,31-32,36-37,44,58,66H,5-6,9-20,25-30H2,(H,59,67,68). The number of piperidine rings is 3. The van der Waals surface area contributed by atoms with E-state index in [4.69, 9.17) is 21.1 Å². The molecule has 7 aliphatic rings. The predicted molar refractivity (Wildman–Crippen MR) is 259 cm³/mol. The zero-order valence-corrected chi connectivity index (χ0v) is 39.2. The normalized spacial score (nSPS) is 24.1. The fourth-order valence-corrected chi connectivity index (χ4v) is 12.4. The number of aromatic hydroxyl groups is 1. The van der Waals surface area contributed by atoms with Crippen molar-refractivity contribution >= 4 is 45.2 Å². The topological polar surface area (TPSA) is 156 Å². The minimum Gasteiger partial charge on any atom is -0.508 e. The Bertz CT molecular complexity index is 2980. The number of hydrogen-bond acceptors (Lipinski definition) is 12. The molecule has 3 amide bonds. The summed E-state index contributed by atoms with van der Waals surface area (Å²) in [6.45, 7) is 8.41. The number of fused-ring (bicyclic) bond motifs is 5. The second-order valence-electron chi connectivity index (χ2n) is 21.1. The number of hydrogen-bond donors (Lipinski definition) is 3. The zero-order chi connectivity index (χ0) is 47.8. The maximum absolute atomic E-state index is 17.1. The van der Waals surface area contributed by atoms with Gasteiger partial charge in [-0.05, 0) is 137 Å². The van der Waals surface area contributed by atoms with E-state index in [-0.39, 0.29) is 69.0 Å². The molecule has 0 spiro atoms. The van der Waals surface area contributed by atoms with Crippen LogP contribution >= 0.6 is 0 Å². The third-order valence-corrected chi connectivity index (χ3v) is 16.5. The van der Waals surface area contributed by atoms with Gasteiger partial charge in [0.05, 0.1) is 17.6 Å². The Labute approximate surface area is 405 Å². The van der Waals surface area contributed by atoms with Crippen molar-refractivity contribution < 1.29 is 33.0 Å². The van der Waals surface area contributed by atoms with Crippen molar-refractivity contribution in [1.29, 1.82) is 0 Å². The van der Waals surface area contributed by atoms with Gasteiger partial charge in [-0.2, -0.15) is 9.97 Å². The number of pyridine rings is 1. The van der Waals surface area contributed by atoms with Gasteiger partial charge in [0, 0.05) is 79.4 Å². The molecule has 6 aliphatic heterocycles. The summed E-state index contributed by atoms with van der Waals surface area (Å²) in [5, 5.41) is 18.0. The number of nitrogens with one attached hydrogen (secondary N) is 2. The molecule has 14 nitrogen and oxygen atoms in total. The summed E-state index contributed by atoms with van der Waals surface area (Å²) in [5.41, 5.74) is 2.94. The van der Waals surface area contributed by atoms with E-state index >= 15 is 8.78 Å². The molecular weight excluding hydrogens is 893 g/mol. The maximum Gasteiger partial charge on any atom is 0.319 e. The number of likely N-dealkylation sites (tertiary alicyclic amines) is 2. The molecule has 3 unspecified atom stereocenters. The number of halogens is 2. The Morgan fingerprint density at radius 3 is 2.40 bits per heavy atom. The van der Waals surface area contributed by atoms with Gasteiger partial charge in [0.25, 0.3) is 5.91 Å². The highest BCUT2D eigenvalue weighted by atomic mass is 19.1. The molecular formula is C54H57F2N9O5. The number of anilines is 1. The number of carbonyl (C=O) groups excluding carboxylic acids is 3. The van der Waals surface area contributed by atoms with Gasteiger partial charge in [-0.25, -0.2) is 8.78 Å². The van der Waals surface area contributed by atoms with E-state index < -0.39 is 17.7 Å². The fourth-order valence-electron chi connectivity index (χ4n) is 12.4. The van der Waals surface area contributed by atoms with Crippen LogP contribution in [0.4, 0.5) is 14.6 Å².